The first kappa shape index (κ1) is 16.5. The van der Waals surface area contributed by atoms with Crippen LogP contribution in [0, 0.1) is 5.92 Å². The molecule has 1 heterocycles. The van der Waals surface area contributed by atoms with Crippen LogP contribution in [0.15, 0.2) is 0 Å². The number of likely N-dealkylation sites (tertiary alicyclic amines) is 1. The summed E-state index contributed by atoms with van der Waals surface area (Å²) in [6.07, 6.45) is 6.59. The van der Waals surface area contributed by atoms with Crippen molar-refractivity contribution in [2.45, 2.75) is 78.4 Å². The Hall–Kier alpha value is -0.570. The molecule has 0 aromatic rings. The average molecular weight is 269 g/mol. The monoisotopic (exact) mass is 269 g/mol. The largest absolute Gasteiger partial charge is 0.377 e. The standard InChI is InChI=1S/C16H31NO2/c1-13(2)8-7-10-16(18)17-11-6-5-9-15(17)12-19-14(3)4/h13-15H,5-12H2,1-4H3. The second-order valence-corrected chi connectivity index (χ2v) is 6.40. The summed E-state index contributed by atoms with van der Waals surface area (Å²) in [6, 6.07) is 0.308. The van der Waals surface area contributed by atoms with Crippen molar-refractivity contribution in [1.29, 1.82) is 0 Å². The van der Waals surface area contributed by atoms with Crippen LogP contribution in [0.5, 0.6) is 0 Å². The maximum atomic E-state index is 12.3. The lowest BCUT2D eigenvalue weighted by molar-refractivity contribution is -0.137. The van der Waals surface area contributed by atoms with E-state index in [1.54, 1.807) is 0 Å². The molecule has 0 spiro atoms. The molecule has 1 aliphatic heterocycles. The van der Waals surface area contributed by atoms with Crippen molar-refractivity contribution >= 4 is 5.91 Å². The van der Waals surface area contributed by atoms with Crippen molar-refractivity contribution in [3.63, 3.8) is 0 Å². The molecule has 1 atom stereocenters. The van der Waals surface area contributed by atoms with E-state index in [1.165, 1.54) is 6.42 Å². The molecule has 1 rings (SSSR count). The summed E-state index contributed by atoms with van der Waals surface area (Å²) in [5.41, 5.74) is 0. The van der Waals surface area contributed by atoms with E-state index >= 15 is 0 Å². The van der Waals surface area contributed by atoms with Gasteiger partial charge in [-0.1, -0.05) is 20.3 Å². The summed E-state index contributed by atoms with van der Waals surface area (Å²) < 4.78 is 5.71. The highest BCUT2D eigenvalue weighted by atomic mass is 16.5. The molecular formula is C16H31NO2. The molecule has 1 unspecified atom stereocenters. The number of rotatable bonds is 7. The number of hydrogen-bond acceptors (Lipinski definition) is 2. The fourth-order valence-corrected chi connectivity index (χ4v) is 2.61. The van der Waals surface area contributed by atoms with E-state index in [2.05, 4.69) is 32.6 Å². The molecule has 0 radical (unpaired) electrons. The first-order valence-corrected chi connectivity index (χ1v) is 7.91. The molecule has 1 fully saturated rings. The Morgan fingerprint density at radius 2 is 2.00 bits per heavy atom. The lowest BCUT2D eigenvalue weighted by Crippen LogP contribution is -2.46. The molecular weight excluding hydrogens is 238 g/mol. The van der Waals surface area contributed by atoms with Crippen molar-refractivity contribution in [3.8, 4) is 0 Å². The Labute approximate surface area is 118 Å². The number of hydrogen-bond donors (Lipinski definition) is 0. The van der Waals surface area contributed by atoms with Crippen LogP contribution in [0.3, 0.4) is 0 Å². The minimum Gasteiger partial charge on any atom is -0.377 e. The van der Waals surface area contributed by atoms with Gasteiger partial charge in [-0.15, -0.1) is 0 Å². The average Bonchev–Trinajstić information content (AvgIpc) is 2.36. The molecule has 1 saturated heterocycles. The highest BCUT2D eigenvalue weighted by molar-refractivity contribution is 5.76. The number of piperidine rings is 1. The van der Waals surface area contributed by atoms with E-state index in [0.29, 0.717) is 30.9 Å². The van der Waals surface area contributed by atoms with E-state index in [9.17, 15) is 4.79 Å². The first-order chi connectivity index (χ1) is 9.00. The van der Waals surface area contributed by atoms with Crippen molar-refractivity contribution in [2.75, 3.05) is 13.2 Å². The third-order valence-corrected chi connectivity index (χ3v) is 3.74. The Morgan fingerprint density at radius 1 is 1.26 bits per heavy atom. The van der Waals surface area contributed by atoms with Crippen LogP contribution in [0.2, 0.25) is 0 Å². The van der Waals surface area contributed by atoms with Gasteiger partial charge in [0, 0.05) is 13.0 Å². The zero-order valence-electron chi connectivity index (χ0n) is 13.2. The molecule has 0 bridgehead atoms. The quantitative estimate of drug-likeness (QED) is 0.706. The van der Waals surface area contributed by atoms with E-state index in [-0.39, 0.29) is 6.10 Å². The lowest BCUT2D eigenvalue weighted by Gasteiger charge is -2.36. The van der Waals surface area contributed by atoms with Gasteiger partial charge in [-0.25, -0.2) is 0 Å². The number of nitrogens with zero attached hydrogens (tertiary/aromatic N) is 1. The maximum Gasteiger partial charge on any atom is 0.222 e. The van der Waals surface area contributed by atoms with Gasteiger partial charge in [-0.05, 0) is 45.4 Å². The van der Waals surface area contributed by atoms with Gasteiger partial charge in [-0.2, -0.15) is 0 Å². The molecule has 1 aliphatic rings. The molecule has 112 valence electrons. The summed E-state index contributed by atoms with van der Waals surface area (Å²) in [7, 11) is 0. The van der Waals surface area contributed by atoms with Crippen LogP contribution in [0.4, 0.5) is 0 Å². The highest BCUT2D eigenvalue weighted by Crippen LogP contribution is 2.20. The third kappa shape index (κ3) is 6.42. The maximum absolute atomic E-state index is 12.3. The zero-order valence-corrected chi connectivity index (χ0v) is 13.2. The van der Waals surface area contributed by atoms with Gasteiger partial charge in [-0.3, -0.25) is 4.79 Å². The Kier molecular flexibility index (Phi) is 7.44. The first-order valence-electron chi connectivity index (χ1n) is 7.91. The smallest absolute Gasteiger partial charge is 0.222 e. The van der Waals surface area contributed by atoms with Crippen molar-refractivity contribution in [2.24, 2.45) is 5.92 Å². The SMILES string of the molecule is CC(C)CCCC(=O)N1CCCCC1COC(C)C. The van der Waals surface area contributed by atoms with Crippen LogP contribution < -0.4 is 0 Å². The van der Waals surface area contributed by atoms with E-state index in [0.717, 1.165) is 32.2 Å². The summed E-state index contributed by atoms with van der Waals surface area (Å²) in [6.45, 7) is 10.2. The van der Waals surface area contributed by atoms with Crippen molar-refractivity contribution in [1.82, 2.24) is 4.90 Å². The van der Waals surface area contributed by atoms with Crippen molar-refractivity contribution in [3.05, 3.63) is 0 Å². The molecule has 0 aromatic carbocycles. The fourth-order valence-electron chi connectivity index (χ4n) is 2.61. The number of ether oxygens (including phenoxy) is 1. The Balaban J connectivity index is 2.39. The minimum atomic E-state index is 0.250. The molecule has 0 aliphatic carbocycles. The van der Waals surface area contributed by atoms with Gasteiger partial charge in [0.25, 0.3) is 0 Å². The second kappa shape index (κ2) is 8.57. The third-order valence-electron chi connectivity index (χ3n) is 3.74. The van der Waals surface area contributed by atoms with Crippen molar-refractivity contribution < 1.29 is 9.53 Å². The normalized spacial score (nSPS) is 20.3. The summed E-state index contributed by atoms with van der Waals surface area (Å²) in [4.78, 5) is 14.4. The molecule has 3 heteroatoms. The Bertz CT molecular complexity index is 263. The Morgan fingerprint density at radius 3 is 2.63 bits per heavy atom. The molecule has 0 saturated carbocycles. The molecule has 19 heavy (non-hydrogen) atoms. The lowest BCUT2D eigenvalue weighted by atomic mass is 10.0. The number of carbonyl (C=O) groups excluding carboxylic acids is 1. The van der Waals surface area contributed by atoms with Crippen LogP contribution in [-0.2, 0) is 9.53 Å². The molecule has 3 nitrogen and oxygen atoms in total. The van der Waals surface area contributed by atoms with Gasteiger partial charge in [0.1, 0.15) is 0 Å². The zero-order chi connectivity index (χ0) is 14.3. The predicted molar refractivity (Wildman–Crippen MR) is 79.1 cm³/mol. The van der Waals surface area contributed by atoms with E-state index in [1.807, 2.05) is 0 Å². The topological polar surface area (TPSA) is 29.5 Å². The van der Waals surface area contributed by atoms with Crippen LogP contribution in [0.25, 0.3) is 0 Å². The fraction of sp³-hybridized carbons (Fsp3) is 0.938. The van der Waals surface area contributed by atoms with Crippen LogP contribution in [-0.4, -0.2) is 36.1 Å². The number of amides is 1. The van der Waals surface area contributed by atoms with Gasteiger partial charge >= 0.3 is 0 Å². The van der Waals surface area contributed by atoms with Gasteiger partial charge in [0.2, 0.25) is 5.91 Å². The molecule has 0 aromatic heterocycles. The summed E-state index contributed by atoms with van der Waals surface area (Å²) in [5, 5.41) is 0. The van der Waals surface area contributed by atoms with Gasteiger partial charge in [0.15, 0.2) is 0 Å². The predicted octanol–water partition coefficient (Wildman–Crippen LogP) is 3.62. The second-order valence-electron chi connectivity index (χ2n) is 6.40. The molecule has 1 amide bonds. The molecule has 0 N–H and O–H groups in total. The summed E-state index contributed by atoms with van der Waals surface area (Å²) in [5.74, 6) is 1.02. The minimum absolute atomic E-state index is 0.250. The highest BCUT2D eigenvalue weighted by Gasteiger charge is 2.26. The van der Waals surface area contributed by atoms with E-state index < -0.39 is 0 Å². The van der Waals surface area contributed by atoms with Crippen LogP contribution >= 0.6 is 0 Å². The van der Waals surface area contributed by atoms with Gasteiger partial charge < -0.3 is 9.64 Å². The number of carbonyl (C=O) groups is 1. The van der Waals surface area contributed by atoms with Crippen LogP contribution in [0.1, 0.15) is 66.2 Å². The summed E-state index contributed by atoms with van der Waals surface area (Å²) >= 11 is 0. The van der Waals surface area contributed by atoms with Gasteiger partial charge in [0.05, 0.1) is 18.8 Å². The van der Waals surface area contributed by atoms with E-state index in [4.69, 9.17) is 4.74 Å².